The number of rotatable bonds is 4. The Morgan fingerprint density at radius 3 is 2.62 bits per heavy atom. The average molecular weight is 379 g/mol. The van der Waals surface area contributed by atoms with Gasteiger partial charge in [-0.1, -0.05) is 11.6 Å². The van der Waals surface area contributed by atoms with Gasteiger partial charge in [0.15, 0.2) is 11.5 Å². The van der Waals surface area contributed by atoms with E-state index in [-0.39, 0.29) is 12.0 Å². The zero-order valence-electron chi connectivity index (χ0n) is 15.2. The third-order valence-corrected chi connectivity index (χ3v) is 4.68. The van der Waals surface area contributed by atoms with Gasteiger partial charge in [-0.05, 0) is 25.0 Å². The Labute approximate surface area is 158 Å². The van der Waals surface area contributed by atoms with Crippen molar-refractivity contribution in [1.29, 1.82) is 0 Å². The predicted molar refractivity (Wildman–Crippen MR) is 101 cm³/mol. The molecule has 1 atom stereocenters. The maximum Gasteiger partial charge on any atom is 0.222 e. The second-order valence-corrected chi connectivity index (χ2v) is 6.50. The molecule has 2 aromatic rings. The van der Waals surface area contributed by atoms with E-state index in [0.29, 0.717) is 29.7 Å². The first kappa shape index (κ1) is 18.5. The fourth-order valence-electron chi connectivity index (χ4n) is 3.16. The smallest absolute Gasteiger partial charge is 0.222 e. The van der Waals surface area contributed by atoms with Gasteiger partial charge < -0.3 is 24.8 Å². The van der Waals surface area contributed by atoms with Crippen molar-refractivity contribution in [2.24, 2.45) is 0 Å². The van der Waals surface area contributed by atoms with Gasteiger partial charge in [-0.15, -0.1) is 0 Å². The highest BCUT2D eigenvalue weighted by atomic mass is 35.5. The standard InChI is InChI=1S/C18H23ClN4O3/c1-11-7-17(22-18(20)21-11)23-5-4-6-26-10-14(23)12-8-15(24-2)16(25-3)9-13(12)19/h7-9,14H,4-6,10H2,1-3H3,(H2,20,21,22)/t14-/m0/s1. The molecule has 1 aliphatic heterocycles. The van der Waals surface area contributed by atoms with E-state index in [0.717, 1.165) is 30.0 Å². The van der Waals surface area contributed by atoms with Gasteiger partial charge in [-0.3, -0.25) is 0 Å². The summed E-state index contributed by atoms with van der Waals surface area (Å²) in [5, 5.41) is 0.585. The summed E-state index contributed by atoms with van der Waals surface area (Å²) in [5.74, 6) is 2.22. The number of halogens is 1. The molecule has 0 saturated carbocycles. The average Bonchev–Trinajstić information content (AvgIpc) is 2.86. The maximum atomic E-state index is 6.56. The number of aromatic nitrogens is 2. The van der Waals surface area contributed by atoms with Crippen molar-refractivity contribution in [2.75, 3.05) is 44.6 Å². The molecule has 0 unspecified atom stereocenters. The van der Waals surface area contributed by atoms with E-state index in [9.17, 15) is 0 Å². The van der Waals surface area contributed by atoms with Gasteiger partial charge >= 0.3 is 0 Å². The number of hydrogen-bond donors (Lipinski definition) is 1. The van der Waals surface area contributed by atoms with Crippen molar-refractivity contribution in [3.8, 4) is 11.5 Å². The van der Waals surface area contributed by atoms with Crippen molar-refractivity contribution in [2.45, 2.75) is 19.4 Å². The van der Waals surface area contributed by atoms with Crippen LogP contribution in [0.4, 0.5) is 11.8 Å². The van der Waals surface area contributed by atoms with E-state index in [2.05, 4.69) is 14.9 Å². The Hall–Kier alpha value is -2.25. The first-order valence-electron chi connectivity index (χ1n) is 8.40. The summed E-state index contributed by atoms with van der Waals surface area (Å²) in [6.45, 7) is 3.83. The van der Waals surface area contributed by atoms with E-state index >= 15 is 0 Å². The molecule has 1 fully saturated rings. The third-order valence-electron chi connectivity index (χ3n) is 4.35. The van der Waals surface area contributed by atoms with Crippen molar-refractivity contribution in [1.82, 2.24) is 9.97 Å². The molecular weight excluding hydrogens is 356 g/mol. The SMILES string of the molecule is COc1cc(Cl)c([C@@H]2COCCCN2c2cc(C)nc(N)n2)cc1OC. The molecule has 1 aromatic heterocycles. The molecule has 8 heteroatoms. The number of hydrogen-bond acceptors (Lipinski definition) is 7. The second kappa shape index (κ2) is 7.97. The lowest BCUT2D eigenvalue weighted by Crippen LogP contribution is -2.32. The lowest BCUT2D eigenvalue weighted by atomic mass is 10.0. The Kier molecular flexibility index (Phi) is 5.68. The molecule has 7 nitrogen and oxygen atoms in total. The number of nitrogens with two attached hydrogens (primary N) is 1. The highest BCUT2D eigenvalue weighted by Crippen LogP contribution is 2.39. The second-order valence-electron chi connectivity index (χ2n) is 6.09. The minimum atomic E-state index is -0.126. The van der Waals surface area contributed by atoms with Gasteiger partial charge in [-0.2, -0.15) is 4.98 Å². The molecule has 2 heterocycles. The minimum Gasteiger partial charge on any atom is -0.493 e. The van der Waals surface area contributed by atoms with Gasteiger partial charge in [-0.25, -0.2) is 4.98 Å². The third kappa shape index (κ3) is 3.78. The molecule has 3 rings (SSSR count). The van der Waals surface area contributed by atoms with Crippen LogP contribution in [0.25, 0.3) is 0 Å². The molecule has 140 valence electrons. The van der Waals surface area contributed by atoms with E-state index in [1.54, 1.807) is 20.3 Å². The van der Waals surface area contributed by atoms with Gasteiger partial charge in [0.05, 0.1) is 26.9 Å². The molecule has 0 radical (unpaired) electrons. The molecule has 1 aliphatic rings. The number of aryl methyl sites for hydroxylation is 1. The van der Waals surface area contributed by atoms with Gasteiger partial charge in [0, 0.05) is 36.0 Å². The normalized spacial score (nSPS) is 17.7. The first-order chi connectivity index (χ1) is 12.5. The zero-order chi connectivity index (χ0) is 18.7. The van der Waals surface area contributed by atoms with Crippen molar-refractivity contribution < 1.29 is 14.2 Å². The van der Waals surface area contributed by atoms with Crippen LogP contribution in [-0.4, -0.2) is 43.9 Å². The van der Waals surface area contributed by atoms with E-state index in [1.165, 1.54) is 0 Å². The number of anilines is 2. The van der Waals surface area contributed by atoms with Gasteiger partial charge in [0.25, 0.3) is 0 Å². The van der Waals surface area contributed by atoms with Crippen LogP contribution >= 0.6 is 11.6 Å². The molecule has 0 aliphatic carbocycles. The van der Waals surface area contributed by atoms with Crippen LogP contribution in [0, 0.1) is 6.92 Å². The Morgan fingerprint density at radius 2 is 1.92 bits per heavy atom. The number of nitrogen functional groups attached to an aromatic ring is 1. The number of ether oxygens (including phenoxy) is 3. The maximum absolute atomic E-state index is 6.56. The van der Waals surface area contributed by atoms with Gasteiger partial charge in [0.1, 0.15) is 5.82 Å². The van der Waals surface area contributed by atoms with Crippen LogP contribution in [0.15, 0.2) is 18.2 Å². The summed E-state index contributed by atoms with van der Waals surface area (Å²) in [5.41, 5.74) is 7.56. The predicted octanol–water partition coefficient (Wildman–Crippen LogP) is 3.01. The van der Waals surface area contributed by atoms with Crippen molar-refractivity contribution >= 4 is 23.4 Å². The molecular formula is C18H23ClN4O3. The fourth-order valence-corrected chi connectivity index (χ4v) is 3.44. The highest BCUT2D eigenvalue weighted by Gasteiger charge is 2.28. The van der Waals surface area contributed by atoms with Gasteiger partial charge in [0.2, 0.25) is 5.95 Å². The number of benzene rings is 1. The van der Waals surface area contributed by atoms with Crippen LogP contribution in [0.2, 0.25) is 5.02 Å². The minimum absolute atomic E-state index is 0.126. The Morgan fingerprint density at radius 1 is 1.19 bits per heavy atom. The molecule has 1 aromatic carbocycles. The molecule has 0 bridgehead atoms. The summed E-state index contributed by atoms with van der Waals surface area (Å²) in [7, 11) is 3.19. The van der Waals surface area contributed by atoms with Crippen LogP contribution in [0.3, 0.4) is 0 Å². The number of methoxy groups -OCH3 is 2. The summed E-state index contributed by atoms with van der Waals surface area (Å²) in [6.07, 6.45) is 0.879. The Balaban J connectivity index is 2.07. The van der Waals surface area contributed by atoms with E-state index in [4.69, 9.17) is 31.5 Å². The monoisotopic (exact) mass is 378 g/mol. The summed E-state index contributed by atoms with van der Waals surface area (Å²) in [4.78, 5) is 10.7. The van der Waals surface area contributed by atoms with Crippen molar-refractivity contribution in [3.63, 3.8) is 0 Å². The quantitative estimate of drug-likeness (QED) is 0.875. The number of nitrogens with zero attached hydrogens (tertiary/aromatic N) is 3. The zero-order valence-corrected chi connectivity index (χ0v) is 15.9. The summed E-state index contributed by atoms with van der Waals surface area (Å²) < 4.78 is 16.6. The molecule has 1 saturated heterocycles. The molecule has 2 N–H and O–H groups in total. The molecule has 26 heavy (non-hydrogen) atoms. The Bertz CT molecular complexity index is 767. The lowest BCUT2D eigenvalue weighted by Gasteiger charge is -2.31. The lowest BCUT2D eigenvalue weighted by molar-refractivity contribution is 0.134. The van der Waals surface area contributed by atoms with E-state index in [1.807, 2.05) is 19.1 Å². The van der Waals surface area contributed by atoms with Crippen LogP contribution < -0.4 is 20.1 Å². The van der Waals surface area contributed by atoms with Crippen LogP contribution in [-0.2, 0) is 4.74 Å². The summed E-state index contributed by atoms with van der Waals surface area (Å²) in [6, 6.07) is 5.45. The fraction of sp³-hybridized carbons (Fsp3) is 0.444. The summed E-state index contributed by atoms with van der Waals surface area (Å²) >= 11 is 6.56. The largest absolute Gasteiger partial charge is 0.493 e. The topological polar surface area (TPSA) is 82.7 Å². The van der Waals surface area contributed by atoms with Crippen molar-refractivity contribution in [3.05, 3.63) is 34.5 Å². The molecule has 0 amide bonds. The highest BCUT2D eigenvalue weighted by molar-refractivity contribution is 6.31. The van der Waals surface area contributed by atoms with Crippen LogP contribution in [0.1, 0.15) is 23.7 Å². The van der Waals surface area contributed by atoms with E-state index < -0.39 is 0 Å². The molecule has 0 spiro atoms. The van der Waals surface area contributed by atoms with Crippen LogP contribution in [0.5, 0.6) is 11.5 Å². The first-order valence-corrected chi connectivity index (χ1v) is 8.78.